The molecule has 0 spiro atoms. The van der Waals surface area contributed by atoms with E-state index in [0.717, 1.165) is 28.2 Å². The van der Waals surface area contributed by atoms with E-state index >= 15 is 0 Å². The molecule has 1 fully saturated rings. The zero-order valence-electron chi connectivity index (χ0n) is 14.9. The van der Waals surface area contributed by atoms with Crippen LogP contribution in [0.5, 0.6) is 0 Å². The summed E-state index contributed by atoms with van der Waals surface area (Å²) in [7, 11) is 0. The summed E-state index contributed by atoms with van der Waals surface area (Å²) in [6.45, 7) is 8.00. The second-order valence-electron chi connectivity index (χ2n) is 5.04. The molecule has 128 valence electrons. The van der Waals surface area contributed by atoms with Crippen molar-refractivity contribution in [2.24, 2.45) is 0 Å². The molecule has 0 saturated heterocycles. The standard InChI is InChI=1S/C15H14N4S.2C2H6/c1-2-4-11(5-3-1)10-14-17-16-13-8-9-15(18-19(13)14)20-12-6-7-12;2*1-2/h1-5,8-9,12H,6-7,10H2;2*1-2H3. The first-order chi connectivity index (χ1) is 11.9. The molecule has 1 aliphatic carbocycles. The van der Waals surface area contributed by atoms with E-state index in [9.17, 15) is 0 Å². The molecule has 0 atom stereocenters. The van der Waals surface area contributed by atoms with Gasteiger partial charge in [-0.15, -0.1) is 22.0 Å². The Morgan fingerprint density at radius 2 is 1.67 bits per heavy atom. The third-order valence-electron chi connectivity index (χ3n) is 3.32. The van der Waals surface area contributed by atoms with Crippen LogP contribution in [0.15, 0.2) is 47.5 Å². The van der Waals surface area contributed by atoms with E-state index in [1.165, 1.54) is 18.4 Å². The van der Waals surface area contributed by atoms with Crippen molar-refractivity contribution >= 4 is 17.4 Å². The van der Waals surface area contributed by atoms with Crippen molar-refractivity contribution in [3.63, 3.8) is 0 Å². The summed E-state index contributed by atoms with van der Waals surface area (Å²) in [6.07, 6.45) is 3.37. The van der Waals surface area contributed by atoms with Crippen LogP contribution >= 0.6 is 11.8 Å². The fraction of sp³-hybridized carbons (Fsp3) is 0.421. The molecule has 2 aromatic heterocycles. The molecule has 1 saturated carbocycles. The van der Waals surface area contributed by atoms with Gasteiger partial charge in [0.25, 0.3) is 0 Å². The molecule has 4 nitrogen and oxygen atoms in total. The third-order valence-corrected chi connectivity index (χ3v) is 4.58. The van der Waals surface area contributed by atoms with Gasteiger partial charge in [0.2, 0.25) is 0 Å². The molecule has 2 heterocycles. The van der Waals surface area contributed by atoms with Gasteiger partial charge in [0.05, 0.1) is 0 Å². The van der Waals surface area contributed by atoms with Crippen molar-refractivity contribution in [2.75, 3.05) is 0 Å². The minimum atomic E-state index is 0.757. The Kier molecular flexibility index (Phi) is 7.25. The maximum absolute atomic E-state index is 4.67. The summed E-state index contributed by atoms with van der Waals surface area (Å²) < 4.78 is 1.87. The summed E-state index contributed by atoms with van der Waals surface area (Å²) in [6, 6.07) is 14.3. The molecule has 4 rings (SSSR count). The van der Waals surface area contributed by atoms with Crippen LogP contribution in [0.2, 0.25) is 0 Å². The zero-order valence-corrected chi connectivity index (χ0v) is 15.8. The van der Waals surface area contributed by atoms with Gasteiger partial charge in [0, 0.05) is 11.7 Å². The Hall–Kier alpha value is -1.88. The monoisotopic (exact) mass is 342 g/mol. The van der Waals surface area contributed by atoms with Crippen LogP contribution in [0.3, 0.4) is 0 Å². The van der Waals surface area contributed by atoms with Crippen molar-refractivity contribution in [3.05, 3.63) is 53.9 Å². The van der Waals surface area contributed by atoms with Crippen LogP contribution < -0.4 is 0 Å². The smallest absolute Gasteiger partial charge is 0.177 e. The average Bonchev–Trinajstić information content (AvgIpc) is 3.39. The molecule has 0 amide bonds. The van der Waals surface area contributed by atoms with Crippen molar-refractivity contribution in [1.82, 2.24) is 19.8 Å². The Labute approximate surface area is 148 Å². The summed E-state index contributed by atoms with van der Waals surface area (Å²) in [5.41, 5.74) is 2.04. The fourth-order valence-electron chi connectivity index (χ4n) is 2.12. The number of benzene rings is 1. The lowest BCUT2D eigenvalue weighted by molar-refractivity contribution is 0.794. The van der Waals surface area contributed by atoms with Gasteiger partial charge in [-0.2, -0.15) is 9.61 Å². The molecule has 0 bridgehead atoms. The summed E-state index contributed by atoms with van der Waals surface area (Å²) in [5.74, 6) is 0.893. The average molecular weight is 343 g/mol. The van der Waals surface area contributed by atoms with Gasteiger partial charge >= 0.3 is 0 Å². The first-order valence-electron chi connectivity index (χ1n) is 8.80. The molecule has 0 radical (unpaired) electrons. The highest BCUT2D eigenvalue weighted by molar-refractivity contribution is 8.00. The summed E-state index contributed by atoms with van der Waals surface area (Å²) in [4.78, 5) is 0. The van der Waals surface area contributed by atoms with E-state index in [1.54, 1.807) is 0 Å². The lowest BCUT2D eigenvalue weighted by Gasteiger charge is -2.02. The van der Waals surface area contributed by atoms with Gasteiger partial charge in [0.1, 0.15) is 5.03 Å². The van der Waals surface area contributed by atoms with E-state index in [4.69, 9.17) is 0 Å². The summed E-state index contributed by atoms with van der Waals surface area (Å²) in [5, 5.41) is 14.9. The van der Waals surface area contributed by atoms with Gasteiger partial charge in [-0.3, -0.25) is 0 Å². The molecule has 1 aromatic carbocycles. The lowest BCUT2D eigenvalue weighted by atomic mass is 10.1. The van der Waals surface area contributed by atoms with E-state index in [1.807, 2.05) is 74.3 Å². The second-order valence-corrected chi connectivity index (χ2v) is 6.36. The van der Waals surface area contributed by atoms with Gasteiger partial charge in [-0.25, -0.2) is 0 Å². The quantitative estimate of drug-likeness (QED) is 0.667. The van der Waals surface area contributed by atoms with Crippen molar-refractivity contribution < 1.29 is 0 Å². The van der Waals surface area contributed by atoms with E-state index in [2.05, 4.69) is 27.4 Å². The maximum atomic E-state index is 4.67. The van der Waals surface area contributed by atoms with Crippen molar-refractivity contribution in [3.8, 4) is 0 Å². The van der Waals surface area contributed by atoms with Gasteiger partial charge in [-0.1, -0.05) is 58.0 Å². The molecular formula is C19H26N4S. The number of fused-ring (bicyclic) bond motifs is 1. The molecular weight excluding hydrogens is 316 g/mol. The highest BCUT2D eigenvalue weighted by Gasteiger charge is 2.23. The largest absolute Gasteiger partial charge is 0.196 e. The van der Waals surface area contributed by atoms with E-state index in [0.29, 0.717) is 0 Å². The number of aromatic nitrogens is 4. The van der Waals surface area contributed by atoms with Crippen molar-refractivity contribution in [1.29, 1.82) is 0 Å². The van der Waals surface area contributed by atoms with Crippen LogP contribution in [0.25, 0.3) is 5.65 Å². The number of rotatable bonds is 4. The SMILES string of the molecule is CC.CC.c1ccc(Cc2nnc3ccc(SC4CC4)nn23)cc1. The van der Waals surface area contributed by atoms with Crippen LogP contribution in [-0.2, 0) is 6.42 Å². The van der Waals surface area contributed by atoms with Crippen LogP contribution in [0.1, 0.15) is 51.9 Å². The number of nitrogens with zero attached hydrogens (tertiary/aromatic N) is 4. The fourth-order valence-corrected chi connectivity index (χ4v) is 3.11. The lowest BCUT2D eigenvalue weighted by Crippen LogP contribution is -2.01. The van der Waals surface area contributed by atoms with E-state index in [-0.39, 0.29) is 0 Å². The molecule has 5 heteroatoms. The van der Waals surface area contributed by atoms with Crippen LogP contribution in [0, 0.1) is 0 Å². The number of thioether (sulfide) groups is 1. The van der Waals surface area contributed by atoms with Gasteiger partial charge in [0.15, 0.2) is 11.5 Å². The minimum absolute atomic E-state index is 0.757. The molecule has 1 aliphatic rings. The predicted molar refractivity (Wildman–Crippen MR) is 102 cm³/mol. The van der Waals surface area contributed by atoms with E-state index < -0.39 is 0 Å². The second kappa shape index (κ2) is 9.42. The first kappa shape index (κ1) is 18.5. The molecule has 3 aromatic rings. The molecule has 24 heavy (non-hydrogen) atoms. The van der Waals surface area contributed by atoms with Crippen LogP contribution in [-0.4, -0.2) is 25.1 Å². The van der Waals surface area contributed by atoms with Crippen molar-refractivity contribution in [2.45, 2.75) is 57.2 Å². The zero-order chi connectivity index (χ0) is 17.4. The summed E-state index contributed by atoms with van der Waals surface area (Å²) >= 11 is 1.86. The first-order valence-corrected chi connectivity index (χ1v) is 9.68. The molecule has 0 aliphatic heterocycles. The van der Waals surface area contributed by atoms with Gasteiger partial charge in [-0.05, 0) is 30.5 Å². The highest BCUT2D eigenvalue weighted by Crippen LogP contribution is 2.38. The maximum Gasteiger partial charge on any atom is 0.177 e. The Bertz CT molecular complexity index is 735. The number of hydrogen-bond acceptors (Lipinski definition) is 4. The normalized spacial score (nSPS) is 12.8. The highest BCUT2D eigenvalue weighted by atomic mass is 32.2. The Balaban J connectivity index is 0.000000487. The third kappa shape index (κ3) is 4.81. The van der Waals surface area contributed by atoms with Crippen LogP contribution in [0.4, 0.5) is 0 Å². The molecule has 0 unspecified atom stereocenters. The number of hydrogen-bond donors (Lipinski definition) is 0. The topological polar surface area (TPSA) is 43.1 Å². The molecule has 0 N–H and O–H groups in total. The minimum Gasteiger partial charge on any atom is -0.196 e. The predicted octanol–water partition coefficient (Wildman–Crippen LogP) is 5.02. The Morgan fingerprint density at radius 3 is 2.33 bits per heavy atom. The Morgan fingerprint density at radius 1 is 0.958 bits per heavy atom. The van der Waals surface area contributed by atoms with Gasteiger partial charge < -0.3 is 0 Å².